The fourth-order valence-electron chi connectivity index (χ4n) is 3.91. The first-order chi connectivity index (χ1) is 14.2. The summed E-state index contributed by atoms with van der Waals surface area (Å²) in [4.78, 5) is 22.6. The summed E-state index contributed by atoms with van der Waals surface area (Å²) >= 11 is 0. The third-order valence-electron chi connectivity index (χ3n) is 5.52. The summed E-state index contributed by atoms with van der Waals surface area (Å²) in [7, 11) is 0. The van der Waals surface area contributed by atoms with E-state index in [0.29, 0.717) is 53.8 Å². The largest absolute Gasteiger partial charge is 0.437 e. The molecular formula is C21H20N6O2. The first-order valence-electron chi connectivity index (χ1n) is 9.78. The zero-order chi connectivity index (χ0) is 19.8. The van der Waals surface area contributed by atoms with Gasteiger partial charge in [-0.05, 0) is 37.0 Å². The summed E-state index contributed by atoms with van der Waals surface area (Å²) in [5.74, 6) is 2.20. The average molecular weight is 388 g/mol. The molecule has 2 fully saturated rings. The van der Waals surface area contributed by atoms with E-state index in [1.165, 1.54) is 0 Å². The molecule has 8 heteroatoms. The Labute approximate surface area is 168 Å². The Balaban J connectivity index is 1.27. The highest BCUT2D eigenvalue weighted by molar-refractivity contribution is 5.82. The van der Waals surface area contributed by atoms with E-state index < -0.39 is 0 Å². The van der Waals surface area contributed by atoms with E-state index in [-0.39, 0.29) is 5.91 Å². The van der Waals surface area contributed by atoms with Crippen LogP contribution >= 0.6 is 0 Å². The molecule has 1 aliphatic carbocycles. The number of amides is 1. The van der Waals surface area contributed by atoms with Crippen molar-refractivity contribution in [2.24, 2.45) is 5.92 Å². The lowest BCUT2D eigenvalue weighted by atomic mass is 10.2. The molecule has 1 saturated heterocycles. The summed E-state index contributed by atoms with van der Waals surface area (Å²) in [5, 5.41) is 16.0. The molecule has 8 nitrogen and oxygen atoms in total. The highest BCUT2D eigenvalue weighted by Crippen LogP contribution is 2.38. The van der Waals surface area contributed by atoms with Gasteiger partial charge in [0.2, 0.25) is 17.7 Å². The second-order valence-electron chi connectivity index (χ2n) is 7.44. The molecule has 2 aromatic rings. The zero-order valence-corrected chi connectivity index (χ0v) is 15.8. The smallest absolute Gasteiger partial charge is 0.223 e. The molecule has 2 unspecified atom stereocenters. The van der Waals surface area contributed by atoms with Crippen LogP contribution in [0.1, 0.15) is 25.0 Å². The third-order valence-corrected chi connectivity index (χ3v) is 5.52. The number of anilines is 2. The number of benzene rings is 1. The van der Waals surface area contributed by atoms with Crippen molar-refractivity contribution in [2.75, 3.05) is 23.7 Å². The Bertz CT molecular complexity index is 1020. The summed E-state index contributed by atoms with van der Waals surface area (Å²) in [6, 6.07) is 11.7. The average Bonchev–Trinajstić information content (AvgIpc) is 3.16. The van der Waals surface area contributed by atoms with E-state index >= 15 is 0 Å². The summed E-state index contributed by atoms with van der Waals surface area (Å²) in [6.07, 6.45) is 4.28. The molecule has 0 radical (unpaired) electrons. The van der Waals surface area contributed by atoms with Gasteiger partial charge in [-0.25, -0.2) is 9.97 Å². The monoisotopic (exact) mass is 388 g/mol. The van der Waals surface area contributed by atoms with Gasteiger partial charge in [0.15, 0.2) is 5.75 Å². The highest BCUT2D eigenvalue weighted by atomic mass is 16.5. The molecule has 2 atom stereocenters. The van der Waals surface area contributed by atoms with Gasteiger partial charge in [-0.3, -0.25) is 4.79 Å². The minimum absolute atomic E-state index is 0.270. The van der Waals surface area contributed by atoms with Gasteiger partial charge in [0.1, 0.15) is 11.6 Å². The Kier molecular flexibility index (Phi) is 4.28. The number of fused-ring (bicyclic) bond motifs is 1. The lowest BCUT2D eigenvalue weighted by Crippen LogP contribution is -2.29. The predicted molar refractivity (Wildman–Crippen MR) is 107 cm³/mol. The van der Waals surface area contributed by atoms with E-state index in [0.717, 1.165) is 25.1 Å². The van der Waals surface area contributed by atoms with Crippen LogP contribution in [0.5, 0.6) is 5.75 Å². The number of para-hydroxylation sites is 2. The number of nitrogens with one attached hydrogen (secondary N) is 2. The minimum Gasteiger partial charge on any atom is -0.437 e. The molecule has 0 bridgehead atoms. The van der Waals surface area contributed by atoms with Crippen molar-refractivity contribution in [3.05, 3.63) is 48.1 Å². The molecule has 1 saturated carbocycles. The number of rotatable bonds is 5. The number of carbonyl (C=O) groups excluding carboxylic acids is 1. The van der Waals surface area contributed by atoms with E-state index in [2.05, 4.69) is 26.7 Å². The van der Waals surface area contributed by atoms with Gasteiger partial charge in [-0.1, -0.05) is 12.1 Å². The van der Waals surface area contributed by atoms with Crippen molar-refractivity contribution in [2.45, 2.75) is 25.3 Å². The number of hydrogen-bond donors (Lipinski definition) is 2. The van der Waals surface area contributed by atoms with Gasteiger partial charge >= 0.3 is 0 Å². The van der Waals surface area contributed by atoms with Crippen molar-refractivity contribution < 1.29 is 9.53 Å². The van der Waals surface area contributed by atoms with Gasteiger partial charge in [0, 0.05) is 31.7 Å². The fraction of sp³-hybridized carbons (Fsp3) is 0.333. The summed E-state index contributed by atoms with van der Waals surface area (Å²) in [6.45, 7) is 1.58. The molecule has 3 heterocycles. The molecule has 2 N–H and O–H groups in total. The molecule has 2 aliphatic heterocycles. The molecule has 3 aliphatic rings. The topological polar surface area (TPSA) is 103 Å². The van der Waals surface area contributed by atoms with Crippen molar-refractivity contribution in [1.29, 1.82) is 5.26 Å². The van der Waals surface area contributed by atoms with Crippen LogP contribution in [0.3, 0.4) is 0 Å². The second kappa shape index (κ2) is 7.09. The van der Waals surface area contributed by atoms with Crippen LogP contribution in [0, 0.1) is 17.2 Å². The van der Waals surface area contributed by atoms with Crippen LogP contribution in [0.15, 0.2) is 42.4 Å². The zero-order valence-electron chi connectivity index (χ0n) is 15.8. The number of ether oxygens (including phenoxy) is 1. The lowest BCUT2D eigenvalue weighted by Gasteiger charge is -2.15. The van der Waals surface area contributed by atoms with Crippen LogP contribution < -0.4 is 15.4 Å². The fourth-order valence-corrected chi connectivity index (χ4v) is 3.91. The maximum Gasteiger partial charge on any atom is 0.223 e. The van der Waals surface area contributed by atoms with Crippen LogP contribution in [0.2, 0.25) is 0 Å². The Hall–Kier alpha value is -3.60. The van der Waals surface area contributed by atoms with Crippen molar-refractivity contribution in [1.82, 2.24) is 14.9 Å². The van der Waals surface area contributed by atoms with E-state index in [1.54, 1.807) is 12.3 Å². The molecule has 5 rings (SSSR count). The van der Waals surface area contributed by atoms with E-state index in [1.807, 2.05) is 29.2 Å². The maximum absolute atomic E-state index is 11.9. The number of aromatic nitrogens is 2. The van der Waals surface area contributed by atoms with Gasteiger partial charge in [-0.2, -0.15) is 5.26 Å². The standard InChI is InChI=1S/C21H20N6O2/c22-11-14(20-25-16-4-1-2-5-18(16)29-20)15-7-8-23-21(26-15)24-12-13-10-17(13)27-9-3-6-19(27)28/h1-2,4-5,7-8,13,17,25H,3,6,9-10,12H2,(H,23,24,26)/b20-14-. The van der Waals surface area contributed by atoms with Crippen LogP contribution in [0.4, 0.5) is 11.6 Å². The number of hydrogen-bond acceptors (Lipinski definition) is 7. The normalized spacial score (nSPS) is 23.7. The van der Waals surface area contributed by atoms with Crippen LogP contribution in [0.25, 0.3) is 5.57 Å². The van der Waals surface area contributed by atoms with Crippen molar-refractivity contribution in [3.63, 3.8) is 0 Å². The SMILES string of the molecule is N#C/C(=C1\Nc2ccccc2O1)c1ccnc(NCC2CC2N2CCCC2=O)n1. The van der Waals surface area contributed by atoms with Crippen LogP contribution in [-0.4, -0.2) is 39.9 Å². The Morgan fingerprint density at radius 2 is 2.28 bits per heavy atom. The molecule has 0 spiro atoms. The Morgan fingerprint density at radius 3 is 3.07 bits per heavy atom. The first-order valence-corrected chi connectivity index (χ1v) is 9.78. The highest BCUT2D eigenvalue weighted by Gasteiger charge is 2.44. The number of nitrogens with zero attached hydrogens (tertiary/aromatic N) is 4. The Morgan fingerprint density at radius 1 is 1.38 bits per heavy atom. The minimum atomic E-state index is 0.270. The molecule has 1 amide bonds. The number of allylic oxidation sites excluding steroid dienone is 1. The number of nitriles is 1. The van der Waals surface area contributed by atoms with Crippen molar-refractivity contribution in [3.8, 4) is 11.8 Å². The van der Waals surface area contributed by atoms with Gasteiger partial charge in [0.25, 0.3) is 0 Å². The second-order valence-corrected chi connectivity index (χ2v) is 7.44. The lowest BCUT2D eigenvalue weighted by molar-refractivity contribution is -0.128. The molecule has 1 aromatic carbocycles. The van der Waals surface area contributed by atoms with Gasteiger partial charge < -0.3 is 20.3 Å². The molecule has 146 valence electrons. The third kappa shape index (κ3) is 3.36. The quantitative estimate of drug-likeness (QED) is 0.759. The first kappa shape index (κ1) is 17.5. The van der Waals surface area contributed by atoms with E-state index in [9.17, 15) is 10.1 Å². The van der Waals surface area contributed by atoms with Crippen LogP contribution in [-0.2, 0) is 4.79 Å². The van der Waals surface area contributed by atoms with Crippen molar-refractivity contribution >= 4 is 23.1 Å². The van der Waals surface area contributed by atoms with Gasteiger partial charge in [0.05, 0.1) is 11.4 Å². The maximum atomic E-state index is 11.9. The molecule has 29 heavy (non-hydrogen) atoms. The number of carbonyl (C=O) groups is 1. The van der Waals surface area contributed by atoms with Gasteiger partial charge in [-0.15, -0.1) is 0 Å². The number of likely N-dealkylation sites (tertiary alicyclic amines) is 1. The molecule has 1 aromatic heterocycles. The summed E-state index contributed by atoms with van der Waals surface area (Å²) in [5.41, 5.74) is 1.62. The predicted octanol–water partition coefficient (Wildman–Crippen LogP) is 2.60. The molecular weight excluding hydrogens is 368 g/mol. The van der Waals surface area contributed by atoms with E-state index in [4.69, 9.17) is 4.74 Å². The summed E-state index contributed by atoms with van der Waals surface area (Å²) < 4.78 is 5.77.